The van der Waals surface area contributed by atoms with Gasteiger partial charge in [0.1, 0.15) is 11.5 Å². The molecular weight excluding hydrogens is 414 g/mol. The molecule has 0 N–H and O–H groups in total. The predicted octanol–water partition coefficient (Wildman–Crippen LogP) is 3.80. The molecule has 156 valence electrons. The molecule has 2 aromatic carbocycles. The number of hydrogen-bond acceptors (Lipinski definition) is 5. The van der Waals surface area contributed by atoms with Crippen molar-refractivity contribution >= 4 is 27.6 Å². The SMILES string of the molecule is Cc1ccc(COC(=O)c2ccc(Cl)c(S(=O)(=O)N3C[C@H](C)O[C@@H](C)C3)c2)cc1. The monoisotopic (exact) mass is 437 g/mol. The molecule has 2 aromatic rings. The van der Waals surface area contributed by atoms with Gasteiger partial charge in [-0.25, -0.2) is 13.2 Å². The number of carbonyl (C=O) groups excluding carboxylic acids is 1. The van der Waals surface area contributed by atoms with Crippen molar-refractivity contribution < 1.29 is 22.7 Å². The van der Waals surface area contributed by atoms with Gasteiger partial charge in [0, 0.05) is 13.1 Å². The van der Waals surface area contributed by atoms with Crippen LogP contribution in [0.5, 0.6) is 0 Å². The van der Waals surface area contributed by atoms with Crippen LogP contribution in [-0.4, -0.2) is 44.0 Å². The van der Waals surface area contributed by atoms with Crippen molar-refractivity contribution in [3.63, 3.8) is 0 Å². The van der Waals surface area contributed by atoms with E-state index in [0.717, 1.165) is 11.1 Å². The second kappa shape index (κ2) is 8.83. The highest BCUT2D eigenvalue weighted by atomic mass is 35.5. The van der Waals surface area contributed by atoms with Crippen molar-refractivity contribution in [3.8, 4) is 0 Å². The van der Waals surface area contributed by atoms with E-state index in [4.69, 9.17) is 21.1 Å². The minimum atomic E-state index is -3.87. The molecule has 0 amide bonds. The number of benzene rings is 2. The Morgan fingerprint density at radius 1 is 1.14 bits per heavy atom. The Bertz CT molecular complexity index is 981. The van der Waals surface area contributed by atoms with Gasteiger partial charge in [-0.3, -0.25) is 0 Å². The maximum atomic E-state index is 13.1. The molecule has 1 aliphatic rings. The van der Waals surface area contributed by atoms with E-state index in [9.17, 15) is 13.2 Å². The van der Waals surface area contributed by atoms with Crippen molar-refractivity contribution in [2.75, 3.05) is 13.1 Å². The maximum absolute atomic E-state index is 13.1. The maximum Gasteiger partial charge on any atom is 0.338 e. The smallest absolute Gasteiger partial charge is 0.338 e. The highest BCUT2D eigenvalue weighted by Gasteiger charge is 2.34. The average molecular weight is 438 g/mol. The van der Waals surface area contributed by atoms with Crippen LogP contribution < -0.4 is 0 Å². The van der Waals surface area contributed by atoms with Crippen LogP contribution in [0.4, 0.5) is 0 Å². The Hall–Kier alpha value is -1.93. The number of hydrogen-bond donors (Lipinski definition) is 0. The summed E-state index contributed by atoms with van der Waals surface area (Å²) in [6.07, 6.45) is -0.454. The molecular formula is C21H24ClNO5S. The molecule has 0 aliphatic carbocycles. The van der Waals surface area contributed by atoms with Crippen LogP contribution in [0.2, 0.25) is 5.02 Å². The van der Waals surface area contributed by atoms with Gasteiger partial charge in [-0.15, -0.1) is 0 Å². The Labute approximate surface area is 176 Å². The summed E-state index contributed by atoms with van der Waals surface area (Å²) in [6.45, 7) is 6.16. The topological polar surface area (TPSA) is 72.9 Å². The number of ether oxygens (including phenoxy) is 2. The minimum Gasteiger partial charge on any atom is -0.457 e. The first kappa shape index (κ1) is 21.8. The number of morpholine rings is 1. The largest absolute Gasteiger partial charge is 0.457 e. The number of aryl methyl sites for hydroxylation is 1. The van der Waals surface area contributed by atoms with Gasteiger partial charge in [-0.1, -0.05) is 41.4 Å². The highest BCUT2D eigenvalue weighted by Crippen LogP contribution is 2.28. The molecule has 29 heavy (non-hydrogen) atoms. The van der Waals surface area contributed by atoms with Crippen molar-refractivity contribution in [1.29, 1.82) is 0 Å². The van der Waals surface area contributed by atoms with Crippen LogP contribution in [0.1, 0.15) is 35.3 Å². The van der Waals surface area contributed by atoms with Gasteiger partial charge < -0.3 is 9.47 Å². The van der Waals surface area contributed by atoms with Gasteiger partial charge >= 0.3 is 5.97 Å². The van der Waals surface area contributed by atoms with Gasteiger partial charge in [0.2, 0.25) is 10.0 Å². The van der Waals surface area contributed by atoms with Gasteiger partial charge in [0.15, 0.2) is 0 Å². The third kappa shape index (κ3) is 5.17. The van der Waals surface area contributed by atoms with Crippen LogP contribution in [0, 0.1) is 6.92 Å². The molecule has 2 atom stereocenters. The lowest BCUT2D eigenvalue weighted by Crippen LogP contribution is -2.48. The summed E-state index contributed by atoms with van der Waals surface area (Å²) >= 11 is 6.18. The Balaban J connectivity index is 1.79. The van der Waals surface area contributed by atoms with E-state index >= 15 is 0 Å². The fourth-order valence-electron chi connectivity index (χ4n) is 3.21. The Morgan fingerprint density at radius 2 is 1.76 bits per heavy atom. The summed E-state index contributed by atoms with van der Waals surface area (Å²) in [7, 11) is -3.87. The van der Waals surface area contributed by atoms with Crippen LogP contribution >= 0.6 is 11.6 Å². The lowest BCUT2D eigenvalue weighted by atomic mass is 10.2. The second-order valence-corrected chi connectivity index (χ2v) is 9.60. The predicted molar refractivity (Wildman–Crippen MR) is 111 cm³/mol. The Kier molecular flexibility index (Phi) is 6.63. The molecule has 0 saturated carbocycles. The number of sulfonamides is 1. The number of esters is 1. The van der Waals surface area contributed by atoms with Crippen LogP contribution in [-0.2, 0) is 26.1 Å². The molecule has 8 heteroatoms. The second-order valence-electron chi connectivity index (χ2n) is 7.29. The minimum absolute atomic E-state index is 0.0619. The number of halogens is 1. The van der Waals surface area contributed by atoms with Gasteiger partial charge in [0.05, 0.1) is 22.8 Å². The summed E-state index contributed by atoms with van der Waals surface area (Å²) in [5.74, 6) is -0.609. The average Bonchev–Trinajstić information content (AvgIpc) is 2.66. The fourth-order valence-corrected chi connectivity index (χ4v) is 5.30. The van der Waals surface area contributed by atoms with E-state index in [1.807, 2.05) is 45.0 Å². The number of carbonyl (C=O) groups is 1. The van der Waals surface area contributed by atoms with E-state index < -0.39 is 16.0 Å². The lowest BCUT2D eigenvalue weighted by Gasteiger charge is -2.34. The first-order chi connectivity index (χ1) is 13.7. The van der Waals surface area contributed by atoms with Crippen molar-refractivity contribution in [2.45, 2.75) is 44.5 Å². The standard InChI is InChI=1S/C21H24ClNO5S/c1-14-4-6-17(7-5-14)13-27-21(24)18-8-9-19(22)20(10-18)29(25,26)23-11-15(2)28-16(3)12-23/h4-10,15-16H,11-13H2,1-3H3/t15-,16-/m0/s1. The van der Waals surface area contributed by atoms with Crippen LogP contribution in [0.3, 0.4) is 0 Å². The highest BCUT2D eigenvalue weighted by molar-refractivity contribution is 7.89. The van der Waals surface area contributed by atoms with Crippen LogP contribution in [0.25, 0.3) is 0 Å². The quantitative estimate of drug-likeness (QED) is 0.665. The van der Waals surface area contributed by atoms with Crippen LogP contribution in [0.15, 0.2) is 47.4 Å². The molecule has 3 rings (SSSR count). The van der Waals surface area contributed by atoms with Gasteiger partial charge in [-0.2, -0.15) is 4.31 Å². The third-order valence-electron chi connectivity index (χ3n) is 4.66. The van der Waals surface area contributed by atoms with E-state index in [-0.39, 0.29) is 47.4 Å². The van der Waals surface area contributed by atoms with E-state index in [0.29, 0.717) is 0 Å². The van der Waals surface area contributed by atoms with Gasteiger partial charge in [-0.05, 0) is 44.5 Å². The van der Waals surface area contributed by atoms with Crippen molar-refractivity contribution in [3.05, 3.63) is 64.2 Å². The zero-order valence-electron chi connectivity index (χ0n) is 16.6. The lowest BCUT2D eigenvalue weighted by molar-refractivity contribution is -0.0440. The summed E-state index contributed by atoms with van der Waals surface area (Å²) in [6, 6.07) is 11.8. The zero-order chi connectivity index (χ0) is 21.2. The molecule has 0 aromatic heterocycles. The van der Waals surface area contributed by atoms with E-state index in [1.165, 1.54) is 22.5 Å². The van der Waals surface area contributed by atoms with Gasteiger partial charge in [0.25, 0.3) is 0 Å². The number of nitrogens with zero attached hydrogens (tertiary/aromatic N) is 1. The normalized spacial score (nSPS) is 20.4. The van der Waals surface area contributed by atoms with Crippen molar-refractivity contribution in [2.24, 2.45) is 0 Å². The van der Waals surface area contributed by atoms with Crippen molar-refractivity contribution in [1.82, 2.24) is 4.31 Å². The molecule has 0 bridgehead atoms. The molecule has 1 aliphatic heterocycles. The molecule has 1 heterocycles. The summed E-state index contributed by atoms with van der Waals surface area (Å²) in [5, 5.41) is 0.0619. The van der Waals surface area contributed by atoms with E-state index in [2.05, 4.69) is 0 Å². The first-order valence-corrected chi connectivity index (χ1v) is 11.2. The molecule has 0 spiro atoms. The first-order valence-electron chi connectivity index (χ1n) is 9.34. The summed E-state index contributed by atoms with van der Waals surface area (Å²) in [4.78, 5) is 12.4. The molecule has 0 unspecified atom stereocenters. The Morgan fingerprint density at radius 3 is 2.38 bits per heavy atom. The third-order valence-corrected chi connectivity index (χ3v) is 6.97. The molecule has 1 fully saturated rings. The fraction of sp³-hybridized carbons (Fsp3) is 0.381. The summed E-state index contributed by atoms with van der Waals surface area (Å²) < 4.78 is 38.5. The molecule has 6 nitrogen and oxygen atoms in total. The zero-order valence-corrected chi connectivity index (χ0v) is 18.2. The summed E-state index contributed by atoms with van der Waals surface area (Å²) in [5.41, 5.74) is 2.09. The molecule has 1 saturated heterocycles. The van der Waals surface area contributed by atoms with E-state index in [1.54, 1.807) is 0 Å². The molecule has 0 radical (unpaired) electrons. The number of rotatable bonds is 5.